The van der Waals surface area contributed by atoms with Gasteiger partial charge in [-0.3, -0.25) is 0 Å². The number of para-hydroxylation sites is 3. The summed E-state index contributed by atoms with van der Waals surface area (Å²) in [4.78, 5) is 0. The Labute approximate surface area is 286 Å². The average molecular weight is 672 g/mol. The second-order valence-corrected chi connectivity index (χ2v) is 15.9. The number of benzene rings is 4. The third-order valence-corrected chi connectivity index (χ3v) is 10.4. The molecule has 2 fully saturated rings. The minimum Gasteiger partial charge on any atom is -0.872 e. The molecule has 2 N–H and O–H groups in total. The fourth-order valence-corrected chi connectivity index (χ4v) is 8.09. The topological polar surface area (TPSA) is 78.8 Å². The molecular formula is C40H47CrN2O4+. The largest absolute Gasteiger partial charge is 0.872 e. The van der Waals surface area contributed by atoms with E-state index in [1.165, 1.54) is 37.8 Å². The van der Waals surface area contributed by atoms with E-state index in [0.717, 1.165) is 28.0 Å². The maximum absolute atomic E-state index is 11.0. The van der Waals surface area contributed by atoms with Crippen LogP contribution in [0.4, 0.5) is 0 Å². The van der Waals surface area contributed by atoms with Crippen LogP contribution in [-0.2, 0) is 26.5 Å². The van der Waals surface area contributed by atoms with Crippen molar-refractivity contribution in [2.24, 2.45) is 0 Å². The molecule has 4 aromatic carbocycles. The van der Waals surface area contributed by atoms with E-state index >= 15 is 0 Å². The number of phenols is 2. The van der Waals surface area contributed by atoms with Gasteiger partial charge in [-0.05, 0) is 24.3 Å². The standard InChI is InChI=1S/C28H38N2O2.C12H10O2.Cr/c1-27(2,3)21-13-9-11-19(25(21)31)17-29-23-15-7-8-16-24(23)30-18-20-12-10-14-22(26(20)32)28(4,5)6;13-10-6-8-12(9-7-10)14-11-4-2-1-3-5-11;/h9-14,17-18,23-24,31-32H,7-8,15-16H2,1-6H3;1-9,13H;/q;;+2/p-1/t23-,24-;;/m1../s1. The van der Waals surface area contributed by atoms with Crippen LogP contribution in [0.3, 0.4) is 0 Å². The zero-order valence-electron chi connectivity index (χ0n) is 28.3. The Bertz CT molecular complexity index is 1650. The van der Waals surface area contributed by atoms with E-state index < -0.39 is 0 Å². The Balaban J connectivity index is 0.000000257. The summed E-state index contributed by atoms with van der Waals surface area (Å²) in [6.45, 7) is 12.8. The number of aromatic hydroxyl groups is 2. The second-order valence-electron chi connectivity index (χ2n) is 14.4. The van der Waals surface area contributed by atoms with Gasteiger partial charge in [0.15, 0.2) is 0 Å². The molecule has 0 amide bonds. The number of hydrogen-bond donors (Lipinski definition) is 2. The molecule has 6 nitrogen and oxygen atoms in total. The molecule has 1 aliphatic heterocycles. The number of rotatable bonds is 4. The maximum atomic E-state index is 11.0. The van der Waals surface area contributed by atoms with Crippen molar-refractivity contribution in [1.82, 2.24) is 0 Å². The number of ether oxygens (including phenoxy) is 1. The molecule has 2 atom stereocenters. The Hall–Kier alpha value is -4.05. The van der Waals surface area contributed by atoms with Crippen molar-refractivity contribution >= 4 is 12.4 Å². The predicted octanol–water partition coefficient (Wildman–Crippen LogP) is 8.05. The van der Waals surface area contributed by atoms with Crippen LogP contribution in [-0.4, -0.2) is 41.8 Å². The Morgan fingerprint density at radius 1 is 0.638 bits per heavy atom. The van der Waals surface area contributed by atoms with Crippen molar-refractivity contribution in [2.45, 2.75) is 90.1 Å². The first kappa shape index (κ1) is 34.3. The third-order valence-electron chi connectivity index (χ3n) is 8.62. The maximum Gasteiger partial charge on any atom is 0.127 e. The molecule has 47 heavy (non-hydrogen) atoms. The Kier molecular flexibility index (Phi) is 10.5. The minimum absolute atomic E-state index is 0.00888. The van der Waals surface area contributed by atoms with E-state index in [2.05, 4.69) is 61.1 Å². The summed E-state index contributed by atoms with van der Waals surface area (Å²) < 4.78 is 10.4. The van der Waals surface area contributed by atoms with Crippen molar-refractivity contribution in [3.63, 3.8) is 0 Å². The van der Waals surface area contributed by atoms with Crippen LogP contribution in [0.5, 0.6) is 28.7 Å². The van der Waals surface area contributed by atoms with Gasteiger partial charge in [0.1, 0.15) is 11.5 Å². The molecule has 7 heteroatoms. The smallest absolute Gasteiger partial charge is 0.127 e. The van der Waals surface area contributed by atoms with Crippen LogP contribution >= 0.6 is 0 Å². The fraction of sp³-hybridized carbons (Fsp3) is 0.350. The number of fused-ring (bicyclic) bond motifs is 1. The van der Waals surface area contributed by atoms with Gasteiger partial charge < -0.3 is 9.84 Å². The average Bonchev–Trinajstić information content (AvgIpc) is 3.37. The van der Waals surface area contributed by atoms with Crippen molar-refractivity contribution in [1.29, 1.82) is 0 Å². The molecule has 2 aliphatic rings. The molecule has 6 rings (SSSR count). The van der Waals surface area contributed by atoms with Crippen LogP contribution in [0, 0.1) is 0 Å². The van der Waals surface area contributed by atoms with E-state index in [1.807, 2.05) is 66.7 Å². The molecule has 0 radical (unpaired) electrons. The first-order valence-corrected chi connectivity index (χ1v) is 17.5. The molecule has 1 saturated heterocycles. The summed E-state index contributed by atoms with van der Waals surface area (Å²) in [7, 11) is 0. The Morgan fingerprint density at radius 3 is 1.53 bits per heavy atom. The first-order valence-electron chi connectivity index (χ1n) is 16.4. The van der Waals surface area contributed by atoms with Gasteiger partial charge in [0.2, 0.25) is 0 Å². The number of hydrogen-bond acceptors (Lipinski definition) is 4. The molecule has 1 saturated carbocycles. The zero-order chi connectivity index (χ0) is 33.8. The predicted molar refractivity (Wildman–Crippen MR) is 183 cm³/mol. The van der Waals surface area contributed by atoms with E-state index in [-0.39, 0.29) is 32.2 Å². The quantitative estimate of drug-likeness (QED) is 0.230. The Morgan fingerprint density at radius 2 is 1.09 bits per heavy atom. The SMILES string of the molecule is CC(C)(C)c1cccc(C=[N+]2[Cr][N+](=Cc3cccc(C(C)(C)C)c3O)[C@@H]3CCCC[C@H]32)c1O.[O-]c1ccc(Oc2ccccc2)cc1. The summed E-state index contributed by atoms with van der Waals surface area (Å²) >= 11 is 0.0635. The summed E-state index contributed by atoms with van der Waals surface area (Å²) in [5.41, 5.74) is 3.55. The van der Waals surface area contributed by atoms with Gasteiger partial charge in [-0.15, -0.1) is 5.75 Å². The molecule has 0 bridgehead atoms. The van der Waals surface area contributed by atoms with E-state index in [1.54, 1.807) is 12.1 Å². The van der Waals surface area contributed by atoms with Gasteiger partial charge in [-0.2, -0.15) is 0 Å². The van der Waals surface area contributed by atoms with Gasteiger partial charge in [-0.1, -0.05) is 30.3 Å². The molecule has 1 heterocycles. The van der Waals surface area contributed by atoms with Crippen molar-refractivity contribution < 1.29 is 42.8 Å². The summed E-state index contributed by atoms with van der Waals surface area (Å²) in [5.74, 6) is 2.23. The van der Waals surface area contributed by atoms with Crippen LogP contribution in [0.15, 0.2) is 91.0 Å². The molecular weight excluding hydrogens is 624 g/mol. The molecule has 4 aromatic rings. The monoisotopic (exact) mass is 671 g/mol. The summed E-state index contributed by atoms with van der Waals surface area (Å²) in [6.07, 6.45) is 9.17. The summed E-state index contributed by atoms with van der Waals surface area (Å²) in [6, 6.07) is 28.8. The van der Waals surface area contributed by atoms with Crippen LogP contribution < -0.4 is 9.84 Å². The van der Waals surface area contributed by atoms with Gasteiger partial charge in [0.25, 0.3) is 0 Å². The molecule has 0 aromatic heterocycles. The van der Waals surface area contributed by atoms with Crippen molar-refractivity contribution in [3.8, 4) is 28.7 Å². The molecule has 0 unspecified atom stereocenters. The van der Waals surface area contributed by atoms with Crippen molar-refractivity contribution in [3.05, 3.63) is 113 Å². The van der Waals surface area contributed by atoms with Crippen LogP contribution in [0.2, 0.25) is 0 Å². The van der Waals surface area contributed by atoms with Gasteiger partial charge in [0.05, 0.1) is 0 Å². The summed E-state index contributed by atoms with van der Waals surface area (Å²) in [5, 5.41) is 32.9. The number of nitrogens with zero attached hydrogens (tertiary/aromatic N) is 2. The second kappa shape index (κ2) is 14.4. The van der Waals surface area contributed by atoms with E-state index in [9.17, 15) is 15.3 Å². The van der Waals surface area contributed by atoms with Crippen LogP contribution in [0.25, 0.3) is 0 Å². The zero-order valence-corrected chi connectivity index (χ0v) is 29.6. The third kappa shape index (κ3) is 8.46. The minimum atomic E-state index is -0.104. The number of phenolic OH excluding ortho intramolecular Hbond substituents is 2. The molecule has 1 aliphatic carbocycles. The first-order chi connectivity index (χ1) is 22.3. The van der Waals surface area contributed by atoms with Crippen molar-refractivity contribution in [2.75, 3.05) is 0 Å². The van der Waals surface area contributed by atoms with Gasteiger partial charge in [0, 0.05) is 0 Å². The van der Waals surface area contributed by atoms with Gasteiger partial charge >= 0.3 is 206 Å². The van der Waals surface area contributed by atoms with Crippen LogP contribution in [0.1, 0.15) is 89.5 Å². The van der Waals surface area contributed by atoms with Gasteiger partial charge in [-0.25, -0.2) is 0 Å². The van der Waals surface area contributed by atoms with E-state index in [4.69, 9.17) is 4.74 Å². The van der Waals surface area contributed by atoms with E-state index in [0.29, 0.717) is 29.3 Å². The normalized spacial score (nSPS) is 19.6. The molecule has 246 valence electrons. The molecule has 0 spiro atoms. The fourth-order valence-electron chi connectivity index (χ4n) is 6.10.